The van der Waals surface area contributed by atoms with Crippen molar-refractivity contribution in [3.8, 4) is 0 Å². The van der Waals surface area contributed by atoms with Crippen LogP contribution in [0.25, 0.3) is 0 Å². The maximum absolute atomic E-state index is 12.3. The van der Waals surface area contributed by atoms with E-state index >= 15 is 0 Å². The molecule has 0 fully saturated rings. The number of aromatic amines is 1. The predicted octanol–water partition coefficient (Wildman–Crippen LogP) is 0.552. The Hall–Kier alpha value is -1.73. The van der Waals surface area contributed by atoms with Gasteiger partial charge in [0.15, 0.2) is 5.03 Å². The quantitative estimate of drug-likeness (QED) is 0.859. The summed E-state index contributed by atoms with van der Waals surface area (Å²) in [5.41, 5.74) is 1.94. The number of H-pyrrole nitrogens is 1. The van der Waals surface area contributed by atoms with E-state index in [0.717, 1.165) is 11.3 Å². The van der Waals surface area contributed by atoms with Crippen molar-refractivity contribution in [1.29, 1.82) is 0 Å². The normalized spacial score (nSPS) is 16.4. The highest BCUT2D eigenvalue weighted by atomic mass is 32.2. The summed E-state index contributed by atoms with van der Waals surface area (Å²) in [5.74, 6) is 0. The molecule has 2 aromatic rings. The summed E-state index contributed by atoms with van der Waals surface area (Å²) in [6.07, 6.45) is 3.81. The fourth-order valence-corrected chi connectivity index (χ4v) is 3.39. The molecule has 94 valence electrons. The van der Waals surface area contributed by atoms with Crippen molar-refractivity contribution in [3.05, 3.63) is 41.9 Å². The lowest BCUT2D eigenvalue weighted by Gasteiger charge is -2.26. The average Bonchev–Trinajstić information content (AvgIpc) is 2.92. The Morgan fingerprint density at radius 1 is 1.28 bits per heavy atom. The van der Waals surface area contributed by atoms with Crippen LogP contribution in [-0.4, -0.2) is 34.4 Å². The topological polar surface area (TPSA) is 79.0 Å². The van der Waals surface area contributed by atoms with Gasteiger partial charge in [0.1, 0.15) is 0 Å². The molecule has 6 nitrogen and oxygen atoms in total. The number of hydrogen-bond donors (Lipinski definition) is 1. The van der Waals surface area contributed by atoms with Gasteiger partial charge in [-0.1, -0.05) is 6.07 Å². The fourth-order valence-electron chi connectivity index (χ4n) is 2.07. The smallest absolute Gasteiger partial charge is 0.260 e. The predicted molar refractivity (Wildman–Crippen MR) is 64.1 cm³/mol. The highest BCUT2D eigenvalue weighted by Crippen LogP contribution is 2.22. The minimum Gasteiger partial charge on any atom is -0.266 e. The average molecular weight is 264 g/mol. The number of sulfonamides is 1. The Balaban J connectivity index is 1.93. The first-order valence-electron chi connectivity index (χ1n) is 5.60. The zero-order chi connectivity index (χ0) is 12.6. The standard InChI is InChI=1S/C11H12N4O2S/c16-18(17,11-3-6-13-14-11)15-7-4-10-9(8-15)2-1-5-12-10/h1-3,5-6H,4,7-8H2,(H,13,14). The highest BCUT2D eigenvalue weighted by molar-refractivity contribution is 7.89. The molecule has 0 saturated heterocycles. The van der Waals surface area contributed by atoms with Crippen molar-refractivity contribution in [3.63, 3.8) is 0 Å². The van der Waals surface area contributed by atoms with E-state index in [1.165, 1.54) is 16.6 Å². The Morgan fingerprint density at radius 2 is 2.17 bits per heavy atom. The van der Waals surface area contributed by atoms with Crippen molar-refractivity contribution < 1.29 is 8.42 Å². The lowest BCUT2D eigenvalue weighted by Crippen LogP contribution is -2.36. The Bertz CT molecular complexity index is 651. The molecular weight excluding hydrogens is 252 g/mol. The van der Waals surface area contributed by atoms with Crippen molar-refractivity contribution in [2.24, 2.45) is 0 Å². The summed E-state index contributed by atoms with van der Waals surface area (Å²) in [7, 11) is -3.47. The largest absolute Gasteiger partial charge is 0.266 e. The Labute approximate surface area is 105 Å². The zero-order valence-corrected chi connectivity index (χ0v) is 10.4. The number of nitrogens with zero attached hydrogens (tertiary/aromatic N) is 3. The summed E-state index contributed by atoms with van der Waals surface area (Å²) in [6, 6.07) is 5.20. The van der Waals surface area contributed by atoms with E-state index < -0.39 is 10.0 Å². The minimum absolute atomic E-state index is 0.134. The summed E-state index contributed by atoms with van der Waals surface area (Å²) in [4.78, 5) is 4.26. The van der Waals surface area contributed by atoms with Crippen LogP contribution in [0.2, 0.25) is 0 Å². The SMILES string of the molecule is O=S(=O)(c1ccn[nH]1)N1CCc2ncccc2C1. The third-order valence-electron chi connectivity index (χ3n) is 3.02. The van der Waals surface area contributed by atoms with Gasteiger partial charge < -0.3 is 0 Å². The van der Waals surface area contributed by atoms with Crippen molar-refractivity contribution in [2.45, 2.75) is 18.0 Å². The van der Waals surface area contributed by atoms with Crippen LogP contribution in [0.4, 0.5) is 0 Å². The maximum atomic E-state index is 12.3. The van der Waals surface area contributed by atoms with Gasteiger partial charge in [-0.25, -0.2) is 8.42 Å². The zero-order valence-electron chi connectivity index (χ0n) is 9.57. The molecule has 0 bridgehead atoms. The second-order valence-electron chi connectivity index (χ2n) is 4.12. The fraction of sp³-hybridized carbons (Fsp3) is 0.273. The van der Waals surface area contributed by atoms with Crippen molar-refractivity contribution >= 4 is 10.0 Å². The minimum atomic E-state index is -3.47. The molecule has 0 unspecified atom stereocenters. The first-order valence-corrected chi connectivity index (χ1v) is 7.04. The molecule has 0 aliphatic carbocycles. The van der Waals surface area contributed by atoms with Gasteiger partial charge in [-0.3, -0.25) is 10.1 Å². The molecule has 0 saturated carbocycles. The van der Waals surface area contributed by atoms with Crippen LogP contribution in [0.15, 0.2) is 35.6 Å². The van der Waals surface area contributed by atoms with Crippen LogP contribution >= 0.6 is 0 Å². The lowest BCUT2D eigenvalue weighted by molar-refractivity contribution is 0.386. The first kappa shape index (κ1) is 11.4. The van der Waals surface area contributed by atoms with E-state index in [4.69, 9.17) is 0 Å². The third-order valence-corrected chi connectivity index (χ3v) is 4.80. The van der Waals surface area contributed by atoms with Crippen molar-refractivity contribution in [1.82, 2.24) is 19.5 Å². The number of pyridine rings is 1. The molecule has 0 radical (unpaired) electrons. The second kappa shape index (κ2) is 4.18. The number of fused-ring (bicyclic) bond motifs is 1. The summed E-state index contributed by atoms with van der Waals surface area (Å²) in [5, 5.41) is 6.32. The number of rotatable bonds is 2. The van der Waals surface area contributed by atoms with E-state index in [-0.39, 0.29) is 5.03 Å². The van der Waals surface area contributed by atoms with E-state index in [1.807, 2.05) is 12.1 Å². The Kier molecular flexibility index (Phi) is 2.64. The van der Waals surface area contributed by atoms with Gasteiger partial charge in [0.2, 0.25) is 0 Å². The molecule has 1 aliphatic heterocycles. The van der Waals surface area contributed by atoms with Crippen molar-refractivity contribution in [2.75, 3.05) is 6.54 Å². The van der Waals surface area contributed by atoms with Crippen LogP contribution in [-0.2, 0) is 23.0 Å². The van der Waals surface area contributed by atoms with Gasteiger partial charge in [-0.15, -0.1) is 0 Å². The van der Waals surface area contributed by atoms with Gasteiger partial charge in [0.05, 0.1) is 6.20 Å². The first-order chi connectivity index (χ1) is 8.68. The van der Waals surface area contributed by atoms with E-state index in [9.17, 15) is 8.42 Å². The molecular formula is C11H12N4O2S. The van der Waals surface area contributed by atoms with Crippen LogP contribution in [0, 0.1) is 0 Å². The number of hydrogen-bond acceptors (Lipinski definition) is 4. The van der Waals surface area contributed by atoms with E-state index in [2.05, 4.69) is 15.2 Å². The molecule has 2 aromatic heterocycles. The van der Waals surface area contributed by atoms with Gasteiger partial charge in [0.25, 0.3) is 10.0 Å². The van der Waals surface area contributed by atoms with E-state index in [0.29, 0.717) is 19.5 Å². The molecule has 1 N–H and O–H groups in total. The molecule has 0 amide bonds. The number of nitrogens with one attached hydrogen (secondary N) is 1. The summed E-state index contributed by atoms with van der Waals surface area (Å²) in [6.45, 7) is 0.815. The molecule has 0 aromatic carbocycles. The Morgan fingerprint density at radius 3 is 2.94 bits per heavy atom. The third kappa shape index (κ3) is 1.81. The summed E-state index contributed by atoms with van der Waals surface area (Å²) < 4.78 is 26.0. The van der Waals surface area contributed by atoms with Crippen LogP contribution in [0.3, 0.4) is 0 Å². The second-order valence-corrected chi connectivity index (χ2v) is 6.03. The molecule has 3 rings (SSSR count). The van der Waals surface area contributed by atoms with Gasteiger partial charge in [-0.05, 0) is 17.7 Å². The van der Waals surface area contributed by atoms with Crippen LogP contribution in [0.1, 0.15) is 11.3 Å². The van der Waals surface area contributed by atoms with E-state index in [1.54, 1.807) is 6.20 Å². The molecule has 0 atom stereocenters. The summed E-state index contributed by atoms with van der Waals surface area (Å²) >= 11 is 0. The molecule has 18 heavy (non-hydrogen) atoms. The maximum Gasteiger partial charge on any atom is 0.260 e. The van der Waals surface area contributed by atoms with Gasteiger partial charge in [-0.2, -0.15) is 9.40 Å². The number of aromatic nitrogens is 3. The molecule has 7 heteroatoms. The monoisotopic (exact) mass is 264 g/mol. The molecule has 3 heterocycles. The van der Waals surface area contributed by atoms with Gasteiger partial charge >= 0.3 is 0 Å². The lowest BCUT2D eigenvalue weighted by atomic mass is 10.1. The van der Waals surface area contributed by atoms with Crippen LogP contribution < -0.4 is 0 Å². The van der Waals surface area contributed by atoms with Crippen LogP contribution in [0.5, 0.6) is 0 Å². The van der Waals surface area contributed by atoms with Gasteiger partial charge in [0, 0.05) is 31.4 Å². The highest BCUT2D eigenvalue weighted by Gasteiger charge is 2.29. The molecule has 0 spiro atoms. The molecule has 1 aliphatic rings.